The predicted molar refractivity (Wildman–Crippen MR) is 169 cm³/mol. The van der Waals surface area contributed by atoms with Gasteiger partial charge in [0.1, 0.15) is 0 Å². The molecule has 0 saturated carbocycles. The van der Waals surface area contributed by atoms with Crippen molar-refractivity contribution in [2.45, 2.75) is 76.6 Å². The van der Waals surface area contributed by atoms with Gasteiger partial charge in [0.25, 0.3) is 0 Å². The Morgan fingerprint density at radius 3 is 2.33 bits per heavy atom. The third-order valence-electron chi connectivity index (χ3n) is 8.96. The second-order valence-electron chi connectivity index (χ2n) is 12.0. The number of dihydropyridines is 1. The van der Waals surface area contributed by atoms with Crippen molar-refractivity contribution in [2.75, 3.05) is 50.2 Å². The quantitative estimate of drug-likeness (QED) is 0.285. The Hall–Kier alpha value is -4.05. The van der Waals surface area contributed by atoms with Crippen LogP contribution >= 0.6 is 0 Å². The van der Waals surface area contributed by atoms with Crippen molar-refractivity contribution in [2.24, 2.45) is 0 Å². The van der Waals surface area contributed by atoms with E-state index in [1.54, 1.807) is 18.9 Å². The van der Waals surface area contributed by atoms with Crippen LogP contribution in [-0.4, -0.2) is 78.8 Å². The first-order chi connectivity index (χ1) is 23.2. The van der Waals surface area contributed by atoms with Crippen molar-refractivity contribution >= 4 is 17.7 Å². The fraction of sp³-hybridized carbons (Fsp3) is 0.545. The number of anilines is 2. The Morgan fingerprint density at radius 1 is 1.08 bits per heavy atom. The number of amides is 1. The first-order valence-electron chi connectivity index (χ1n) is 16.2. The largest absolute Gasteiger partial charge is 0.449 e. The number of carbonyl (C=O) groups excluding carboxylic acids is 1. The molecule has 0 aliphatic carbocycles. The Morgan fingerprint density at radius 2 is 1.76 bits per heavy atom. The molecule has 1 unspecified atom stereocenters. The third-order valence-corrected chi connectivity index (χ3v) is 8.96. The number of nitrogens with zero attached hydrogens (tertiary/aromatic N) is 4. The number of allylic oxidation sites excluding steroid dienone is 1. The van der Waals surface area contributed by atoms with E-state index in [-0.39, 0.29) is 42.3 Å². The molecule has 1 saturated heterocycles. The van der Waals surface area contributed by atoms with E-state index in [9.17, 15) is 31.1 Å². The average molecular weight is 699 g/mol. The summed E-state index contributed by atoms with van der Waals surface area (Å²) < 4.78 is 98.9. The van der Waals surface area contributed by atoms with Crippen LogP contribution in [0.15, 0.2) is 47.9 Å². The van der Waals surface area contributed by atoms with Crippen LogP contribution < -0.4 is 15.5 Å². The normalized spacial score (nSPS) is 22.9. The zero-order chi connectivity index (χ0) is 35.6. The summed E-state index contributed by atoms with van der Waals surface area (Å²) >= 11 is 0. The van der Waals surface area contributed by atoms with Crippen LogP contribution in [0.1, 0.15) is 62.4 Å². The lowest BCUT2D eigenvalue weighted by Crippen LogP contribution is -2.56. The maximum absolute atomic E-state index is 13.7. The van der Waals surface area contributed by atoms with Crippen molar-refractivity contribution < 1.29 is 45.3 Å². The number of hydrogen-bond acceptors (Lipinski definition) is 9. The molecule has 268 valence electrons. The number of methoxy groups -OCH3 is 1. The van der Waals surface area contributed by atoms with Gasteiger partial charge in [-0.1, -0.05) is 13.8 Å². The number of benzene rings is 1. The van der Waals surface area contributed by atoms with E-state index in [1.807, 2.05) is 30.9 Å². The van der Waals surface area contributed by atoms with Crippen molar-refractivity contribution in [3.63, 3.8) is 0 Å². The molecule has 16 heteroatoms. The number of carbonyl (C=O) groups is 1. The monoisotopic (exact) mass is 698 g/mol. The fourth-order valence-electron chi connectivity index (χ4n) is 6.34. The predicted octanol–water partition coefficient (Wildman–Crippen LogP) is 6.49. The van der Waals surface area contributed by atoms with E-state index < -0.39 is 41.3 Å². The van der Waals surface area contributed by atoms with Crippen molar-refractivity contribution in [3.05, 3.63) is 70.3 Å². The molecule has 10 nitrogen and oxygen atoms in total. The molecule has 3 aliphatic heterocycles. The minimum absolute atomic E-state index is 0.111. The average Bonchev–Trinajstić information content (AvgIpc) is 3.07. The first kappa shape index (κ1) is 36.2. The van der Waals surface area contributed by atoms with Crippen molar-refractivity contribution in [1.82, 2.24) is 20.2 Å². The van der Waals surface area contributed by atoms with Crippen LogP contribution in [0.2, 0.25) is 0 Å². The highest BCUT2D eigenvalue weighted by atomic mass is 19.4. The van der Waals surface area contributed by atoms with Gasteiger partial charge < -0.3 is 29.7 Å². The molecule has 1 aromatic carbocycles. The van der Waals surface area contributed by atoms with Gasteiger partial charge in [0, 0.05) is 32.7 Å². The fourth-order valence-corrected chi connectivity index (χ4v) is 6.34. The van der Waals surface area contributed by atoms with Gasteiger partial charge in [-0.25, -0.2) is 14.8 Å². The molecule has 2 aromatic rings. The van der Waals surface area contributed by atoms with Gasteiger partial charge >= 0.3 is 18.4 Å². The maximum atomic E-state index is 13.7. The van der Waals surface area contributed by atoms with Gasteiger partial charge in [-0.2, -0.15) is 26.3 Å². The van der Waals surface area contributed by atoms with E-state index in [4.69, 9.17) is 19.2 Å². The summed E-state index contributed by atoms with van der Waals surface area (Å²) in [7, 11) is 1.56. The van der Waals surface area contributed by atoms with Gasteiger partial charge in [0.2, 0.25) is 5.95 Å². The second kappa shape index (κ2) is 14.4. The molecular formula is C33H40F6N6O4. The molecule has 2 N–H and O–H groups in total. The van der Waals surface area contributed by atoms with Crippen LogP contribution in [0, 0.1) is 0 Å². The summed E-state index contributed by atoms with van der Waals surface area (Å²) in [5, 5.41) is 6.77. The summed E-state index contributed by atoms with van der Waals surface area (Å²) in [6.45, 7) is 7.43. The Balaban J connectivity index is 1.56. The molecule has 0 spiro atoms. The van der Waals surface area contributed by atoms with Gasteiger partial charge in [0.15, 0.2) is 5.72 Å². The number of aromatic nitrogens is 2. The van der Waals surface area contributed by atoms with Crippen LogP contribution in [0.3, 0.4) is 0 Å². The van der Waals surface area contributed by atoms with Crippen LogP contribution in [-0.2, 0) is 33.0 Å². The van der Waals surface area contributed by atoms with E-state index in [2.05, 4.69) is 15.6 Å². The summed E-state index contributed by atoms with van der Waals surface area (Å²) in [5.41, 5.74) is -1.95. The number of morpholine rings is 1. The molecule has 3 aliphatic rings. The molecule has 49 heavy (non-hydrogen) atoms. The van der Waals surface area contributed by atoms with E-state index in [0.717, 1.165) is 12.1 Å². The Kier molecular flexibility index (Phi) is 10.7. The van der Waals surface area contributed by atoms with Gasteiger partial charge in [0.05, 0.1) is 66.0 Å². The van der Waals surface area contributed by atoms with Gasteiger partial charge in [-0.3, -0.25) is 4.90 Å². The molecule has 3 atom stereocenters. The molecule has 0 bridgehead atoms. The highest BCUT2D eigenvalue weighted by Crippen LogP contribution is 2.39. The summed E-state index contributed by atoms with van der Waals surface area (Å²) in [5.74, 6) is 0.113. The van der Waals surface area contributed by atoms with Crippen LogP contribution in [0.4, 0.5) is 42.8 Å². The number of halogens is 6. The van der Waals surface area contributed by atoms with E-state index >= 15 is 0 Å². The summed E-state index contributed by atoms with van der Waals surface area (Å²) in [6.07, 6.45) is -4.09. The van der Waals surface area contributed by atoms with Crippen LogP contribution in [0.25, 0.3) is 0 Å². The zero-order valence-corrected chi connectivity index (χ0v) is 27.7. The van der Waals surface area contributed by atoms with Gasteiger partial charge in [-0.15, -0.1) is 0 Å². The topological polar surface area (TPSA) is 101 Å². The lowest BCUT2D eigenvalue weighted by atomic mass is 9.90. The lowest BCUT2D eigenvalue weighted by molar-refractivity contribution is -0.143. The Labute approximate surface area is 280 Å². The molecule has 1 amide bonds. The number of nitrogens with one attached hydrogen (secondary N) is 2. The number of hydrogen-bond donors (Lipinski definition) is 2. The minimum atomic E-state index is -4.99. The molecule has 0 radical (unpaired) electrons. The third kappa shape index (κ3) is 7.90. The van der Waals surface area contributed by atoms with E-state index in [0.29, 0.717) is 62.6 Å². The molecule has 1 aromatic heterocycles. The SMILES string of the molecule is CCOC(=O)N1C2=C(NC(CC)(OC)C=C2)[C@@H](Nc2ncc(N3CCOCC3)c(Cc3cc(C(F)(F)F)cc(C(F)(F)F)c3)n2)C[C@H]1CC. The standard InChI is InChI=1S/C33H40F6N6O4/c1-5-23-18-25(28-26(45(23)30(46)49-7-3)8-9-31(6-2,43-28)47-4)42-29-40-19-27(44-10-12-48-13-11-44)24(41-29)16-20-14-21(32(34,35)36)17-22(15-20)33(37,38)39/h8-9,14-15,17,19,23,25,43H,5-7,10-13,16,18H2,1-4H3,(H,40,41,42)/t23-,25+,31?/m1/s1. The number of rotatable bonds is 9. The lowest BCUT2D eigenvalue weighted by Gasteiger charge is -2.46. The molecular weight excluding hydrogens is 658 g/mol. The highest BCUT2D eigenvalue weighted by Gasteiger charge is 2.43. The number of alkyl halides is 6. The zero-order valence-electron chi connectivity index (χ0n) is 27.7. The maximum Gasteiger partial charge on any atom is 0.416 e. The highest BCUT2D eigenvalue weighted by molar-refractivity contribution is 5.72. The van der Waals surface area contributed by atoms with Crippen molar-refractivity contribution in [1.29, 1.82) is 0 Å². The first-order valence-corrected chi connectivity index (χ1v) is 16.2. The van der Waals surface area contributed by atoms with Crippen molar-refractivity contribution in [3.8, 4) is 0 Å². The smallest absolute Gasteiger partial charge is 0.416 e. The Bertz CT molecular complexity index is 1540. The second-order valence-corrected chi connectivity index (χ2v) is 12.0. The molecule has 5 rings (SSSR count). The van der Waals surface area contributed by atoms with Crippen LogP contribution in [0.5, 0.6) is 0 Å². The minimum Gasteiger partial charge on any atom is -0.449 e. The molecule has 4 heterocycles. The summed E-state index contributed by atoms with van der Waals surface area (Å²) in [6, 6.07) is 0.782. The number of ether oxygens (including phenoxy) is 3. The molecule has 1 fully saturated rings. The summed E-state index contributed by atoms with van der Waals surface area (Å²) in [4.78, 5) is 25.9. The van der Waals surface area contributed by atoms with E-state index in [1.165, 1.54) is 6.20 Å². The van der Waals surface area contributed by atoms with Gasteiger partial charge in [-0.05, 0) is 62.1 Å².